The summed E-state index contributed by atoms with van der Waals surface area (Å²) in [5, 5.41) is 4.26. The lowest BCUT2D eigenvalue weighted by Gasteiger charge is -2.10. The predicted molar refractivity (Wildman–Crippen MR) is 202 cm³/mol. The van der Waals surface area contributed by atoms with Crippen LogP contribution in [-0.2, 0) is 0 Å². The van der Waals surface area contributed by atoms with E-state index in [1.807, 2.05) is 54.7 Å². The molecule has 0 radical (unpaired) electrons. The van der Waals surface area contributed by atoms with Crippen LogP contribution in [0.2, 0.25) is 0 Å². The topological polar surface area (TPSA) is 65.0 Å². The van der Waals surface area contributed by atoms with Crippen LogP contribution in [-0.4, -0.2) is 15.0 Å². The van der Waals surface area contributed by atoms with Gasteiger partial charge in [-0.1, -0.05) is 115 Å². The largest absolute Gasteiger partial charge is 0.455 e. The third kappa shape index (κ3) is 4.67. The number of para-hydroxylation sites is 3. The summed E-state index contributed by atoms with van der Waals surface area (Å²) in [6.45, 7) is 0. The van der Waals surface area contributed by atoms with Crippen molar-refractivity contribution in [3.63, 3.8) is 0 Å². The first-order chi connectivity index (χ1) is 24.8. The average Bonchev–Trinajstić information content (AvgIpc) is 3.77. The molecule has 234 valence electrons. The number of rotatable bonds is 5. The van der Waals surface area contributed by atoms with E-state index < -0.39 is 0 Å². The highest BCUT2D eigenvalue weighted by Crippen LogP contribution is 2.41. The third-order valence-electron chi connectivity index (χ3n) is 9.42. The average molecular weight is 642 g/mol. The Morgan fingerprint density at radius 1 is 0.380 bits per heavy atom. The minimum Gasteiger partial charge on any atom is -0.455 e. The monoisotopic (exact) mass is 641 g/mol. The van der Waals surface area contributed by atoms with Crippen LogP contribution in [0.25, 0.3) is 100 Å². The van der Waals surface area contributed by atoms with Crippen molar-refractivity contribution in [2.24, 2.45) is 0 Å². The van der Waals surface area contributed by atoms with Gasteiger partial charge in [0, 0.05) is 61.8 Å². The van der Waals surface area contributed by atoms with Crippen LogP contribution in [0.1, 0.15) is 0 Å². The molecule has 0 N–H and O–H groups in total. The zero-order valence-corrected chi connectivity index (χ0v) is 26.7. The van der Waals surface area contributed by atoms with Crippen LogP contribution in [0.5, 0.6) is 0 Å². The molecule has 0 saturated carbocycles. The van der Waals surface area contributed by atoms with Gasteiger partial charge in [-0.05, 0) is 47.5 Å². The summed E-state index contributed by atoms with van der Waals surface area (Å²) in [6, 6.07) is 51.9. The first kappa shape index (κ1) is 28.2. The van der Waals surface area contributed by atoms with Gasteiger partial charge in [0.15, 0.2) is 5.82 Å². The third-order valence-corrected chi connectivity index (χ3v) is 9.42. The number of hydrogen-bond acceptors (Lipinski definition) is 5. The Kier molecular flexibility index (Phi) is 6.42. The van der Waals surface area contributed by atoms with Crippen LogP contribution in [0.15, 0.2) is 173 Å². The van der Waals surface area contributed by atoms with E-state index in [9.17, 15) is 0 Å². The first-order valence-electron chi connectivity index (χ1n) is 16.6. The molecule has 0 unspecified atom stereocenters. The summed E-state index contributed by atoms with van der Waals surface area (Å²) < 4.78 is 13.1. The fraction of sp³-hybridized carbons (Fsp3) is 0. The summed E-state index contributed by atoms with van der Waals surface area (Å²) in [5.74, 6) is 0.614. The lowest BCUT2D eigenvalue weighted by Crippen LogP contribution is -1.96. The molecule has 0 saturated heterocycles. The van der Waals surface area contributed by atoms with Crippen molar-refractivity contribution in [3.8, 4) is 56.2 Å². The van der Waals surface area contributed by atoms with Crippen molar-refractivity contribution >= 4 is 43.9 Å². The fourth-order valence-electron chi connectivity index (χ4n) is 6.96. The van der Waals surface area contributed by atoms with Gasteiger partial charge in [0.1, 0.15) is 22.3 Å². The molecule has 0 spiro atoms. The Morgan fingerprint density at radius 3 is 1.70 bits per heavy atom. The zero-order chi connectivity index (χ0) is 33.0. The lowest BCUT2D eigenvalue weighted by molar-refractivity contribution is 0.665. The maximum absolute atomic E-state index is 6.70. The van der Waals surface area contributed by atoms with Crippen molar-refractivity contribution in [1.29, 1.82) is 0 Å². The van der Waals surface area contributed by atoms with Crippen molar-refractivity contribution in [2.75, 3.05) is 0 Å². The molecule has 0 aliphatic carbocycles. The van der Waals surface area contributed by atoms with Crippen LogP contribution in [0.4, 0.5) is 0 Å². The molecule has 0 aliphatic rings. The molecule has 0 bridgehead atoms. The Balaban J connectivity index is 1.11. The van der Waals surface area contributed by atoms with Gasteiger partial charge in [0.05, 0.1) is 11.4 Å². The van der Waals surface area contributed by atoms with E-state index in [1.165, 1.54) is 5.56 Å². The summed E-state index contributed by atoms with van der Waals surface area (Å²) >= 11 is 0. The number of nitrogens with zero attached hydrogens (tertiary/aromatic N) is 3. The molecule has 4 heterocycles. The molecule has 0 aliphatic heterocycles. The van der Waals surface area contributed by atoms with E-state index in [-0.39, 0.29) is 0 Å². The summed E-state index contributed by atoms with van der Waals surface area (Å²) in [4.78, 5) is 14.5. The van der Waals surface area contributed by atoms with Crippen molar-refractivity contribution in [1.82, 2.24) is 15.0 Å². The molecular formula is C45H27N3O2. The molecule has 10 rings (SSSR count). The minimum atomic E-state index is 0.614. The van der Waals surface area contributed by atoms with E-state index in [1.54, 1.807) is 6.20 Å². The molecule has 5 heteroatoms. The SMILES string of the molecule is c1ccc(-c2ccc(-c3cc(-c4cccnc4)nc(-c4ccc5c(c4)oc4c(-c6cccc7c6oc6ccccc67)cccc45)n3)cc2)cc1. The molecule has 4 aromatic heterocycles. The van der Waals surface area contributed by atoms with Crippen LogP contribution in [0, 0.1) is 0 Å². The fourth-order valence-corrected chi connectivity index (χ4v) is 6.96. The van der Waals surface area contributed by atoms with Gasteiger partial charge >= 0.3 is 0 Å². The Hall–Kier alpha value is -6.85. The van der Waals surface area contributed by atoms with Gasteiger partial charge in [0.25, 0.3) is 0 Å². The van der Waals surface area contributed by atoms with E-state index in [2.05, 4.69) is 108 Å². The number of furan rings is 2. The number of hydrogen-bond donors (Lipinski definition) is 0. The van der Waals surface area contributed by atoms with Crippen molar-refractivity contribution in [3.05, 3.63) is 164 Å². The molecule has 0 fully saturated rings. The molecule has 50 heavy (non-hydrogen) atoms. The van der Waals surface area contributed by atoms with E-state index in [0.717, 1.165) is 88.6 Å². The molecular weight excluding hydrogens is 615 g/mol. The molecule has 0 amide bonds. The molecule has 0 atom stereocenters. The summed E-state index contributed by atoms with van der Waals surface area (Å²) in [6.07, 6.45) is 3.61. The number of aromatic nitrogens is 3. The van der Waals surface area contributed by atoms with Crippen LogP contribution in [0.3, 0.4) is 0 Å². The Morgan fingerprint density at radius 2 is 0.960 bits per heavy atom. The maximum Gasteiger partial charge on any atom is 0.160 e. The van der Waals surface area contributed by atoms with Crippen LogP contribution < -0.4 is 0 Å². The van der Waals surface area contributed by atoms with E-state index >= 15 is 0 Å². The van der Waals surface area contributed by atoms with Crippen molar-refractivity contribution < 1.29 is 8.83 Å². The minimum absolute atomic E-state index is 0.614. The van der Waals surface area contributed by atoms with Gasteiger partial charge in [-0.2, -0.15) is 0 Å². The van der Waals surface area contributed by atoms with Gasteiger partial charge in [-0.15, -0.1) is 0 Å². The molecule has 5 nitrogen and oxygen atoms in total. The van der Waals surface area contributed by atoms with Crippen molar-refractivity contribution in [2.45, 2.75) is 0 Å². The van der Waals surface area contributed by atoms with Gasteiger partial charge in [-0.25, -0.2) is 9.97 Å². The van der Waals surface area contributed by atoms with Gasteiger partial charge in [-0.3, -0.25) is 4.98 Å². The lowest BCUT2D eigenvalue weighted by atomic mass is 10.00. The highest BCUT2D eigenvalue weighted by Gasteiger charge is 2.18. The van der Waals surface area contributed by atoms with E-state index in [0.29, 0.717) is 5.82 Å². The molecule has 10 aromatic rings. The number of benzene rings is 6. The highest BCUT2D eigenvalue weighted by atomic mass is 16.3. The smallest absolute Gasteiger partial charge is 0.160 e. The second-order valence-electron chi connectivity index (χ2n) is 12.4. The highest BCUT2D eigenvalue weighted by molar-refractivity contribution is 6.15. The summed E-state index contributed by atoms with van der Waals surface area (Å²) in [7, 11) is 0. The number of pyridine rings is 1. The maximum atomic E-state index is 6.70. The Bertz CT molecular complexity index is 2850. The standard InChI is InChI=1S/C45H27N3O2/c1-2-9-28(10-3-1)29-18-20-30(21-19-29)39-26-40(32-11-8-24-46-27-32)48-45(47-39)31-22-23-34-36-14-7-16-38(44(36)50-42(34)25-31)37-15-6-13-35-33-12-4-5-17-41(33)49-43(35)37/h1-27H. The van der Waals surface area contributed by atoms with E-state index in [4.69, 9.17) is 18.8 Å². The first-order valence-corrected chi connectivity index (χ1v) is 16.6. The number of fused-ring (bicyclic) bond motifs is 6. The zero-order valence-electron chi connectivity index (χ0n) is 26.7. The Labute approximate surface area is 287 Å². The van der Waals surface area contributed by atoms with Crippen LogP contribution >= 0.6 is 0 Å². The van der Waals surface area contributed by atoms with Gasteiger partial charge in [0.2, 0.25) is 0 Å². The predicted octanol–water partition coefficient (Wildman–Crippen LogP) is 12.0. The summed E-state index contributed by atoms with van der Waals surface area (Å²) in [5.41, 5.74) is 12.1. The second-order valence-corrected chi connectivity index (χ2v) is 12.4. The quantitative estimate of drug-likeness (QED) is 0.187. The van der Waals surface area contributed by atoms with Gasteiger partial charge < -0.3 is 8.83 Å². The second kappa shape index (κ2) is 11.4. The normalized spacial score (nSPS) is 11.6. The molecule has 6 aromatic carbocycles.